The first-order valence-electron chi connectivity index (χ1n) is 8.75. The van der Waals surface area contributed by atoms with Crippen molar-refractivity contribution in [1.29, 1.82) is 0 Å². The Labute approximate surface area is 140 Å². The summed E-state index contributed by atoms with van der Waals surface area (Å²) < 4.78 is 5.42. The molecular weight excluding hydrogens is 286 g/mol. The van der Waals surface area contributed by atoms with Crippen molar-refractivity contribution in [3.05, 3.63) is 34.9 Å². The molecule has 0 heterocycles. The molecule has 3 heteroatoms. The van der Waals surface area contributed by atoms with Gasteiger partial charge in [-0.15, -0.1) is 0 Å². The molecule has 0 radical (unpaired) electrons. The molecule has 0 aromatic heterocycles. The molecule has 0 saturated heterocycles. The fraction of sp³-hybridized carbons (Fsp3) is 0.650. The molecule has 128 valence electrons. The van der Waals surface area contributed by atoms with Gasteiger partial charge >= 0.3 is 6.09 Å². The Kier molecular flexibility index (Phi) is 5.07. The predicted molar refractivity (Wildman–Crippen MR) is 94.8 cm³/mol. The van der Waals surface area contributed by atoms with Crippen molar-refractivity contribution in [3.63, 3.8) is 0 Å². The van der Waals surface area contributed by atoms with Crippen molar-refractivity contribution in [2.45, 2.75) is 84.3 Å². The van der Waals surface area contributed by atoms with E-state index in [1.807, 2.05) is 20.8 Å². The van der Waals surface area contributed by atoms with Crippen molar-refractivity contribution in [1.82, 2.24) is 5.32 Å². The maximum Gasteiger partial charge on any atom is 0.408 e. The summed E-state index contributed by atoms with van der Waals surface area (Å²) in [5.74, 6) is 0. The minimum atomic E-state index is -0.465. The standard InChI is InChI=1S/C20H31NO2/c1-7-20(5,6)15-12-11-14-9-8-10-17(16(14)13-15)21-18(22)23-19(2,3)4/h11-13,17H,7-10H2,1-6H3,(H,21,22). The Morgan fingerprint density at radius 2 is 1.96 bits per heavy atom. The number of benzene rings is 1. The van der Waals surface area contributed by atoms with E-state index in [1.165, 1.54) is 16.7 Å². The maximum absolute atomic E-state index is 12.1. The predicted octanol–water partition coefficient (Wildman–Crippen LogP) is 5.28. The zero-order valence-corrected chi connectivity index (χ0v) is 15.5. The third-order valence-corrected chi connectivity index (χ3v) is 4.82. The second-order valence-corrected chi connectivity index (χ2v) is 8.24. The van der Waals surface area contributed by atoms with Gasteiger partial charge in [-0.1, -0.05) is 39.0 Å². The molecule has 0 aliphatic heterocycles. The molecule has 0 saturated carbocycles. The summed E-state index contributed by atoms with van der Waals surface area (Å²) in [5.41, 5.74) is 3.65. The highest BCUT2D eigenvalue weighted by atomic mass is 16.6. The molecule has 2 rings (SSSR count). The molecule has 23 heavy (non-hydrogen) atoms. The summed E-state index contributed by atoms with van der Waals surface area (Å²) in [6, 6.07) is 6.84. The molecule has 1 N–H and O–H groups in total. The highest BCUT2D eigenvalue weighted by Crippen LogP contribution is 2.35. The van der Waals surface area contributed by atoms with Crippen LogP contribution in [0.25, 0.3) is 0 Å². The van der Waals surface area contributed by atoms with Crippen molar-refractivity contribution in [3.8, 4) is 0 Å². The van der Waals surface area contributed by atoms with Crippen LogP contribution in [0.2, 0.25) is 0 Å². The topological polar surface area (TPSA) is 38.3 Å². The van der Waals surface area contributed by atoms with Crippen LogP contribution < -0.4 is 5.32 Å². The fourth-order valence-electron chi connectivity index (χ4n) is 3.02. The zero-order chi connectivity index (χ0) is 17.3. The number of alkyl carbamates (subject to hydrolysis) is 1. The lowest BCUT2D eigenvalue weighted by Crippen LogP contribution is -2.36. The highest BCUT2D eigenvalue weighted by Gasteiger charge is 2.27. The van der Waals surface area contributed by atoms with Crippen molar-refractivity contribution in [2.24, 2.45) is 0 Å². The van der Waals surface area contributed by atoms with E-state index in [0.717, 1.165) is 25.7 Å². The van der Waals surface area contributed by atoms with E-state index in [0.29, 0.717) is 0 Å². The largest absolute Gasteiger partial charge is 0.444 e. The molecule has 1 amide bonds. The van der Waals surface area contributed by atoms with Crippen molar-refractivity contribution < 1.29 is 9.53 Å². The smallest absolute Gasteiger partial charge is 0.408 e. The lowest BCUT2D eigenvalue weighted by molar-refractivity contribution is 0.0498. The molecule has 3 nitrogen and oxygen atoms in total. The maximum atomic E-state index is 12.1. The van der Waals surface area contributed by atoms with Gasteiger partial charge in [0.05, 0.1) is 6.04 Å². The Morgan fingerprint density at radius 3 is 2.57 bits per heavy atom. The van der Waals surface area contributed by atoms with E-state index in [4.69, 9.17) is 4.74 Å². The van der Waals surface area contributed by atoms with Gasteiger partial charge in [-0.2, -0.15) is 0 Å². The van der Waals surface area contributed by atoms with Crippen LogP contribution in [-0.2, 0) is 16.6 Å². The molecular formula is C20H31NO2. The van der Waals surface area contributed by atoms with Crippen LogP contribution in [-0.4, -0.2) is 11.7 Å². The lowest BCUT2D eigenvalue weighted by atomic mass is 9.78. The number of amides is 1. The van der Waals surface area contributed by atoms with Crippen LogP contribution in [0.5, 0.6) is 0 Å². The number of hydrogen-bond donors (Lipinski definition) is 1. The SMILES string of the molecule is CCC(C)(C)c1ccc2c(c1)C(NC(=O)OC(C)(C)C)CCC2. The van der Waals surface area contributed by atoms with Crippen LogP contribution in [0, 0.1) is 0 Å². The number of carbonyl (C=O) groups is 1. The summed E-state index contributed by atoms with van der Waals surface area (Å²) in [6.07, 6.45) is 3.94. The summed E-state index contributed by atoms with van der Waals surface area (Å²) in [6.45, 7) is 12.4. The first kappa shape index (κ1) is 17.8. The van der Waals surface area contributed by atoms with Gasteiger partial charge in [0, 0.05) is 0 Å². The number of rotatable bonds is 3. The van der Waals surface area contributed by atoms with Crippen LogP contribution in [0.15, 0.2) is 18.2 Å². The summed E-state index contributed by atoms with van der Waals surface area (Å²) in [4.78, 5) is 12.1. The second kappa shape index (κ2) is 6.54. The highest BCUT2D eigenvalue weighted by molar-refractivity contribution is 5.68. The third kappa shape index (κ3) is 4.49. The van der Waals surface area contributed by atoms with Gasteiger partial charge in [-0.25, -0.2) is 4.79 Å². The monoisotopic (exact) mass is 317 g/mol. The number of fused-ring (bicyclic) bond motifs is 1. The Balaban J connectivity index is 2.23. The quantitative estimate of drug-likeness (QED) is 0.824. The summed E-state index contributed by atoms with van der Waals surface area (Å²) >= 11 is 0. The number of carbonyl (C=O) groups excluding carboxylic acids is 1. The average Bonchev–Trinajstić information content (AvgIpc) is 2.45. The molecule has 1 aliphatic rings. The number of hydrogen-bond acceptors (Lipinski definition) is 2. The molecule has 0 spiro atoms. The van der Waals surface area contributed by atoms with E-state index in [-0.39, 0.29) is 17.6 Å². The molecule has 0 fully saturated rings. The molecule has 1 unspecified atom stereocenters. The fourth-order valence-corrected chi connectivity index (χ4v) is 3.02. The lowest BCUT2D eigenvalue weighted by Gasteiger charge is -2.31. The van der Waals surface area contributed by atoms with Crippen LogP contribution >= 0.6 is 0 Å². The second-order valence-electron chi connectivity index (χ2n) is 8.24. The molecule has 1 aromatic carbocycles. The Hall–Kier alpha value is -1.51. The van der Waals surface area contributed by atoms with Gasteiger partial charge in [-0.05, 0) is 68.6 Å². The third-order valence-electron chi connectivity index (χ3n) is 4.82. The van der Waals surface area contributed by atoms with Crippen molar-refractivity contribution >= 4 is 6.09 Å². The molecule has 1 atom stereocenters. The van der Waals surface area contributed by atoms with Gasteiger partial charge < -0.3 is 10.1 Å². The minimum Gasteiger partial charge on any atom is -0.444 e. The van der Waals surface area contributed by atoms with E-state index >= 15 is 0 Å². The van der Waals surface area contributed by atoms with Crippen LogP contribution in [0.3, 0.4) is 0 Å². The Bertz CT molecular complexity index is 569. The van der Waals surface area contributed by atoms with Gasteiger partial charge in [0.2, 0.25) is 0 Å². The van der Waals surface area contributed by atoms with E-state index < -0.39 is 5.60 Å². The minimum absolute atomic E-state index is 0.0567. The summed E-state index contributed by atoms with van der Waals surface area (Å²) in [7, 11) is 0. The zero-order valence-electron chi connectivity index (χ0n) is 15.5. The average molecular weight is 317 g/mol. The Morgan fingerprint density at radius 1 is 1.26 bits per heavy atom. The summed E-state index contributed by atoms with van der Waals surface area (Å²) in [5, 5.41) is 3.07. The first-order valence-corrected chi connectivity index (χ1v) is 8.75. The van der Waals surface area contributed by atoms with Gasteiger partial charge in [0.15, 0.2) is 0 Å². The van der Waals surface area contributed by atoms with Crippen LogP contribution in [0.4, 0.5) is 4.79 Å². The molecule has 0 bridgehead atoms. The van der Waals surface area contributed by atoms with Crippen LogP contribution in [0.1, 0.15) is 83.5 Å². The van der Waals surface area contributed by atoms with Gasteiger partial charge in [-0.3, -0.25) is 0 Å². The van der Waals surface area contributed by atoms with Gasteiger partial charge in [0.25, 0.3) is 0 Å². The van der Waals surface area contributed by atoms with E-state index in [1.54, 1.807) is 0 Å². The first-order chi connectivity index (χ1) is 10.6. The molecule has 1 aromatic rings. The van der Waals surface area contributed by atoms with E-state index in [2.05, 4.69) is 44.3 Å². The van der Waals surface area contributed by atoms with E-state index in [9.17, 15) is 4.79 Å². The normalized spacial score (nSPS) is 18.3. The van der Waals surface area contributed by atoms with Crippen molar-refractivity contribution in [2.75, 3.05) is 0 Å². The number of nitrogens with one attached hydrogen (secondary N) is 1. The van der Waals surface area contributed by atoms with Gasteiger partial charge in [0.1, 0.15) is 5.60 Å². The molecule has 1 aliphatic carbocycles. The number of ether oxygens (including phenoxy) is 1. The number of aryl methyl sites for hydroxylation is 1.